The molecule has 0 atom stereocenters. The Morgan fingerprint density at radius 3 is 2.35 bits per heavy atom. The van der Waals surface area contributed by atoms with Crippen LogP contribution >= 0.6 is 15.9 Å². The molecule has 2 rings (SSSR count). The van der Waals surface area contributed by atoms with Gasteiger partial charge in [0.2, 0.25) is 0 Å². The highest BCUT2D eigenvalue weighted by Crippen LogP contribution is 2.25. The predicted molar refractivity (Wildman–Crippen MR) is 78.4 cm³/mol. The van der Waals surface area contributed by atoms with Crippen LogP contribution < -0.4 is 5.32 Å². The summed E-state index contributed by atoms with van der Waals surface area (Å²) in [5.41, 5.74) is 1.23. The van der Waals surface area contributed by atoms with E-state index in [2.05, 4.69) is 45.5 Å². The standard InChI is InChI=1S/C15H22BrN/c16-14-10-6-7-11-15(14)17-12-13-8-4-2-1-3-5-9-13/h6-7,10-11,13,17H,1-5,8-9,12H2. The van der Waals surface area contributed by atoms with E-state index in [0.717, 1.165) is 12.5 Å². The van der Waals surface area contributed by atoms with Crippen molar-refractivity contribution in [2.75, 3.05) is 11.9 Å². The number of halogens is 1. The van der Waals surface area contributed by atoms with E-state index >= 15 is 0 Å². The maximum Gasteiger partial charge on any atom is 0.0484 e. The summed E-state index contributed by atoms with van der Waals surface area (Å²) in [4.78, 5) is 0. The van der Waals surface area contributed by atoms with Gasteiger partial charge in [0.05, 0.1) is 0 Å². The number of anilines is 1. The van der Waals surface area contributed by atoms with Crippen LogP contribution in [0.1, 0.15) is 44.9 Å². The smallest absolute Gasteiger partial charge is 0.0484 e. The molecule has 0 aliphatic heterocycles. The molecule has 1 fully saturated rings. The van der Waals surface area contributed by atoms with Crippen molar-refractivity contribution < 1.29 is 0 Å². The number of para-hydroxylation sites is 1. The second-order valence-electron chi connectivity index (χ2n) is 5.07. The fraction of sp³-hybridized carbons (Fsp3) is 0.600. The molecule has 0 spiro atoms. The third-order valence-electron chi connectivity index (χ3n) is 3.68. The van der Waals surface area contributed by atoms with Crippen LogP contribution in [0.5, 0.6) is 0 Å². The molecule has 0 amide bonds. The lowest BCUT2D eigenvalue weighted by atomic mass is 9.91. The fourth-order valence-electron chi connectivity index (χ4n) is 2.60. The Morgan fingerprint density at radius 2 is 1.65 bits per heavy atom. The molecule has 0 heterocycles. The molecule has 1 aliphatic carbocycles. The minimum Gasteiger partial charge on any atom is -0.384 e. The second-order valence-corrected chi connectivity index (χ2v) is 5.93. The molecule has 1 N–H and O–H groups in total. The van der Waals surface area contributed by atoms with Crippen LogP contribution in [0.3, 0.4) is 0 Å². The summed E-state index contributed by atoms with van der Waals surface area (Å²) >= 11 is 3.59. The Hall–Kier alpha value is -0.500. The van der Waals surface area contributed by atoms with Crippen LogP contribution in [0.15, 0.2) is 28.7 Å². The first-order chi connectivity index (χ1) is 8.36. The van der Waals surface area contributed by atoms with Gasteiger partial charge in [0.1, 0.15) is 0 Å². The lowest BCUT2D eigenvalue weighted by Gasteiger charge is -2.20. The molecule has 0 radical (unpaired) electrons. The van der Waals surface area contributed by atoms with Gasteiger partial charge in [-0.2, -0.15) is 0 Å². The highest BCUT2D eigenvalue weighted by molar-refractivity contribution is 9.10. The average molecular weight is 296 g/mol. The molecule has 0 aromatic heterocycles. The largest absolute Gasteiger partial charge is 0.384 e. The van der Waals surface area contributed by atoms with Crippen LogP contribution in [0.2, 0.25) is 0 Å². The number of benzene rings is 1. The van der Waals surface area contributed by atoms with Crippen molar-refractivity contribution >= 4 is 21.6 Å². The monoisotopic (exact) mass is 295 g/mol. The Labute approximate surface area is 113 Å². The number of hydrogen-bond acceptors (Lipinski definition) is 1. The van der Waals surface area contributed by atoms with Gasteiger partial charge >= 0.3 is 0 Å². The molecular weight excluding hydrogens is 274 g/mol. The molecule has 0 bridgehead atoms. The van der Waals surface area contributed by atoms with E-state index in [9.17, 15) is 0 Å². The molecule has 1 aliphatic rings. The summed E-state index contributed by atoms with van der Waals surface area (Å²) in [5.74, 6) is 0.863. The van der Waals surface area contributed by atoms with Crippen molar-refractivity contribution in [1.82, 2.24) is 0 Å². The minimum atomic E-state index is 0.863. The average Bonchev–Trinajstić information content (AvgIpc) is 2.29. The summed E-state index contributed by atoms with van der Waals surface area (Å²) in [6, 6.07) is 8.39. The Morgan fingerprint density at radius 1 is 1.00 bits per heavy atom. The molecule has 0 unspecified atom stereocenters. The predicted octanol–water partition coefficient (Wildman–Crippen LogP) is 5.22. The molecule has 2 heteroatoms. The van der Waals surface area contributed by atoms with Crippen LogP contribution in [0.4, 0.5) is 5.69 Å². The second kappa shape index (κ2) is 7.05. The van der Waals surface area contributed by atoms with E-state index in [1.54, 1.807) is 0 Å². The van der Waals surface area contributed by atoms with E-state index in [4.69, 9.17) is 0 Å². The van der Waals surface area contributed by atoms with Gasteiger partial charge in [-0.15, -0.1) is 0 Å². The van der Waals surface area contributed by atoms with E-state index in [1.807, 2.05) is 0 Å². The Balaban J connectivity index is 1.82. The highest BCUT2D eigenvalue weighted by atomic mass is 79.9. The zero-order valence-electron chi connectivity index (χ0n) is 10.4. The lowest BCUT2D eigenvalue weighted by Crippen LogP contribution is -2.15. The molecule has 1 aromatic carbocycles. The van der Waals surface area contributed by atoms with Crippen molar-refractivity contribution in [3.8, 4) is 0 Å². The lowest BCUT2D eigenvalue weighted by molar-refractivity contribution is 0.392. The zero-order chi connectivity index (χ0) is 11.9. The van der Waals surface area contributed by atoms with Crippen LogP contribution in [0.25, 0.3) is 0 Å². The van der Waals surface area contributed by atoms with E-state index in [0.29, 0.717) is 0 Å². The van der Waals surface area contributed by atoms with Crippen LogP contribution in [-0.2, 0) is 0 Å². The summed E-state index contributed by atoms with van der Waals surface area (Å²) in [6.45, 7) is 1.13. The van der Waals surface area contributed by atoms with Crippen molar-refractivity contribution in [2.24, 2.45) is 5.92 Å². The molecular formula is C15H22BrN. The maximum absolute atomic E-state index is 3.59. The van der Waals surface area contributed by atoms with Gasteiger partial charge in [0, 0.05) is 16.7 Å². The number of nitrogens with one attached hydrogen (secondary N) is 1. The summed E-state index contributed by atoms with van der Waals surface area (Å²) in [7, 11) is 0. The van der Waals surface area contributed by atoms with Crippen molar-refractivity contribution in [2.45, 2.75) is 44.9 Å². The first kappa shape index (κ1) is 12.9. The van der Waals surface area contributed by atoms with Gasteiger partial charge in [0.15, 0.2) is 0 Å². The minimum absolute atomic E-state index is 0.863. The summed E-state index contributed by atoms with van der Waals surface area (Å²) < 4.78 is 1.17. The summed E-state index contributed by atoms with van der Waals surface area (Å²) in [5, 5.41) is 3.58. The van der Waals surface area contributed by atoms with Gasteiger partial charge in [-0.05, 0) is 46.8 Å². The fourth-order valence-corrected chi connectivity index (χ4v) is 3.03. The maximum atomic E-state index is 3.59. The van der Waals surface area contributed by atoms with Gasteiger partial charge in [-0.3, -0.25) is 0 Å². The number of rotatable bonds is 3. The van der Waals surface area contributed by atoms with Gasteiger partial charge < -0.3 is 5.32 Å². The molecule has 1 nitrogen and oxygen atoms in total. The topological polar surface area (TPSA) is 12.0 Å². The first-order valence-corrected chi connectivity index (χ1v) is 7.64. The molecule has 0 saturated heterocycles. The number of hydrogen-bond donors (Lipinski definition) is 1. The molecule has 1 aromatic rings. The van der Waals surface area contributed by atoms with E-state index < -0.39 is 0 Å². The normalized spacial score (nSPS) is 18.4. The third-order valence-corrected chi connectivity index (χ3v) is 4.37. The molecule has 17 heavy (non-hydrogen) atoms. The van der Waals surface area contributed by atoms with Crippen molar-refractivity contribution in [1.29, 1.82) is 0 Å². The molecule has 94 valence electrons. The van der Waals surface area contributed by atoms with Crippen LogP contribution in [0, 0.1) is 5.92 Å². The van der Waals surface area contributed by atoms with Gasteiger partial charge in [0.25, 0.3) is 0 Å². The highest BCUT2D eigenvalue weighted by Gasteiger charge is 2.11. The van der Waals surface area contributed by atoms with Gasteiger partial charge in [-0.1, -0.05) is 44.2 Å². The Bertz CT molecular complexity index is 329. The quantitative estimate of drug-likeness (QED) is 0.806. The van der Waals surface area contributed by atoms with E-state index in [1.165, 1.54) is 55.1 Å². The first-order valence-electron chi connectivity index (χ1n) is 6.84. The SMILES string of the molecule is Brc1ccccc1NCC1CCCCCCC1. The summed E-state index contributed by atoms with van der Waals surface area (Å²) in [6.07, 6.45) is 9.96. The molecule has 1 saturated carbocycles. The Kier molecular flexibility index (Phi) is 5.37. The van der Waals surface area contributed by atoms with Crippen LogP contribution in [-0.4, -0.2) is 6.54 Å². The van der Waals surface area contributed by atoms with Crippen molar-refractivity contribution in [3.63, 3.8) is 0 Å². The third kappa shape index (κ3) is 4.34. The van der Waals surface area contributed by atoms with Crippen molar-refractivity contribution in [3.05, 3.63) is 28.7 Å². The van der Waals surface area contributed by atoms with E-state index in [-0.39, 0.29) is 0 Å². The zero-order valence-corrected chi connectivity index (χ0v) is 12.0. The van der Waals surface area contributed by atoms with Gasteiger partial charge in [-0.25, -0.2) is 0 Å².